The zero-order valence-electron chi connectivity index (χ0n) is 10.4. The molecule has 1 N–H and O–H groups in total. The molecule has 0 atom stereocenters. The quantitative estimate of drug-likeness (QED) is 0.254. The van der Waals surface area contributed by atoms with Gasteiger partial charge in [0.25, 0.3) is 0 Å². The van der Waals surface area contributed by atoms with Crippen molar-refractivity contribution in [2.24, 2.45) is 0 Å². The van der Waals surface area contributed by atoms with Crippen LogP contribution in [0.4, 0.5) is 11.5 Å². The Bertz CT molecular complexity index is 403. The Morgan fingerprint density at radius 3 is 2.94 bits per heavy atom. The Hall–Kier alpha value is -1.41. The van der Waals surface area contributed by atoms with E-state index >= 15 is 0 Å². The molecule has 8 heteroatoms. The Morgan fingerprint density at radius 1 is 1.56 bits per heavy atom. The lowest BCUT2D eigenvalue weighted by Crippen LogP contribution is -2.06. The summed E-state index contributed by atoms with van der Waals surface area (Å²) in [5.41, 5.74) is -0.0539. The maximum atomic E-state index is 11.1. The number of anilines is 1. The van der Waals surface area contributed by atoms with Crippen molar-refractivity contribution in [3.05, 3.63) is 16.4 Å². The number of thioether (sulfide) groups is 1. The lowest BCUT2D eigenvalue weighted by atomic mass is 10.5. The molecule has 0 fully saturated rings. The topological polar surface area (TPSA) is 90.2 Å². The Morgan fingerprint density at radius 2 is 2.33 bits per heavy atom. The van der Waals surface area contributed by atoms with Crippen LogP contribution in [0.5, 0.6) is 0 Å². The number of ether oxygens (including phenoxy) is 1. The first-order valence-corrected chi connectivity index (χ1v) is 6.54. The number of aromatic nitrogens is 2. The first kappa shape index (κ1) is 14.7. The van der Waals surface area contributed by atoms with Crippen LogP contribution in [0.25, 0.3) is 0 Å². The van der Waals surface area contributed by atoms with Gasteiger partial charge in [0.1, 0.15) is 6.33 Å². The molecule has 0 unspecified atom stereocenters. The highest BCUT2D eigenvalue weighted by atomic mass is 32.2. The molecule has 1 heterocycles. The van der Waals surface area contributed by atoms with Crippen LogP contribution in [0.15, 0.2) is 11.4 Å². The van der Waals surface area contributed by atoms with Crippen LogP contribution < -0.4 is 5.32 Å². The van der Waals surface area contributed by atoms with Crippen molar-refractivity contribution < 1.29 is 9.66 Å². The van der Waals surface area contributed by atoms with Crippen molar-refractivity contribution in [1.82, 2.24) is 9.97 Å². The standard InChI is InChI=1S/C10H16N4O3S/c1-3-11-9-8(14(15)16)10(13-7-12-9)18-6-4-5-17-2/h7H,3-6H2,1-2H3,(H,11,12,13). The first-order valence-electron chi connectivity index (χ1n) is 5.55. The summed E-state index contributed by atoms with van der Waals surface area (Å²) in [6, 6.07) is 0. The molecule has 0 aliphatic carbocycles. The van der Waals surface area contributed by atoms with Gasteiger partial charge in [-0.1, -0.05) is 11.8 Å². The second kappa shape index (κ2) is 7.83. The summed E-state index contributed by atoms with van der Waals surface area (Å²) in [4.78, 5) is 18.5. The Labute approximate surface area is 109 Å². The molecule has 0 aliphatic heterocycles. The molecule has 18 heavy (non-hydrogen) atoms. The van der Waals surface area contributed by atoms with Gasteiger partial charge in [0, 0.05) is 26.0 Å². The average Bonchev–Trinajstić information content (AvgIpc) is 2.35. The van der Waals surface area contributed by atoms with Crippen molar-refractivity contribution in [3.8, 4) is 0 Å². The van der Waals surface area contributed by atoms with E-state index in [0.717, 1.165) is 12.2 Å². The Kier molecular flexibility index (Phi) is 6.37. The molecule has 100 valence electrons. The Balaban J connectivity index is 2.82. The summed E-state index contributed by atoms with van der Waals surface area (Å²) >= 11 is 1.34. The van der Waals surface area contributed by atoms with Crippen molar-refractivity contribution >= 4 is 23.3 Å². The fraction of sp³-hybridized carbons (Fsp3) is 0.600. The summed E-state index contributed by atoms with van der Waals surface area (Å²) in [5, 5.41) is 14.3. The second-order valence-electron chi connectivity index (χ2n) is 3.36. The number of methoxy groups -OCH3 is 1. The highest BCUT2D eigenvalue weighted by Gasteiger charge is 2.22. The van der Waals surface area contributed by atoms with Crippen molar-refractivity contribution in [3.63, 3.8) is 0 Å². The molecule has 0 saturated heterocycles. The molecule has 0 saturated carbocycles. The van der Waals surface area contributed by atoms with Gasteiger partial charge in [0.05, 0.1) is 4.92 Å². The number of nitrogens with zero attached hydrogens (tertiary/aromatic N) is 3. The molecule has 0 radical (unpaired) electrons. The van der Waals surface area contributed by atoms with Crippen LogP contribution >= 0.6 is 11.8 Å². The monoisotopic (exact) mass is 272 g/mol. The molecule has 1 aromatic rings. The van der Waals surface area contributed by atoms with Crippen LogP contribution in [0.3, 0.4) is 0 Å². The zero-order chi connectivity index (χ0) is 13.4. The normalized spacial score (nSPS) is 10.3. The molecule has 0 spiro atoms. The van der Waals surface area contributed by atoms with E-state index < -0.39 is 4.92 Å². The van der Waals surface area contributed by atoms with Gasteiger partial charge in [-0.25, -0.2) is 9.97 Å². The van der Waals surface area contributed by atoms with Gasteiger partial charge in [-0.2, -0.15) is 0 Å². The molecule has 0 amide bonds. The number of hydrogen-bond acceptors (Lipinski definition) is 7. The van der Waals surface area contributed by atoms with Gasteiger partial charge in [-0.15, -0.1) is 0 Å². The highest BCUT2D eigenvalue weighted by Crippen LogP contribution is 2.32. The fourth-order valence-corrected chi connectivity index (χ4v) is 2.19. The highest BCUT2D eigenvalue weighted by molar-refractivity contribution is 7.99. The van der Waals surface area contributed by atoms with Crippen LogP contribution in [0.1, 0.15) is 13.3 Å². The van der Waals surface area contributed by atoms with E-state index in [-0.39, 0.29) is 11.5 Å². The third-order valence-electron chi connectivity index (χ3n) is 2.05. The van der Waals surface area contributed by atoms with Crippen molar-refractivity contribution in [2.45, 2.75) is 18.4 Å². The van der Waals surface area contributed by atoms with E-state index in [1.54, 1.807) is 7.11 Å². The SMILES string of the molecule is CCNc1ncnc(SCCCOC)c1[N+](=O)[O-]. The minimum atomic E-state index is -0.448. The predicted octanol–water partition coefficient (Wildman–Crippen LogP) is 1.95. The fourth-order valence-electron chi connectivity index (χ4n) is 1.30. The number of nitrogens with one attached hydrogen (secondary N) is 1. The maximum Gasteiger partial charge on any atom is 0.343 e. The molecule has 7 nitrogen and oxygen atoms in total. The predicted molar refractivity (Wildman–Crippen MR) is 70.1 cm³/mol. The third-order valence-corrected chi connectivity index (χ3v) is 3.11. The van der Waals surface area contributed by atoms with Crippen molar-refractivity contribution in [1.29, 1.82) is 0 Å². The minimum absolute atomic E-state index is 0.0539. The zero-order valence-corrected chi connectivity index (χ0v) is 11.2. The lowest BCUT2D eigenvalue weighted by Gasteiger charge is -2.06. The lowest BCUT2D eigenvalue weighted by molar-refractivity contribution is -0.387. The van der Waals surface area contributed by atoms with E-state index in [1.807, 2.05) is 6.92 Å². The smallest absolute Gasteiger partial charge is 0.343 e. The molecular weight excluding hydrogens is 256 g/mol. The number of nitro groups is 1. The number of hydrogen-bond donors (Lipinski definition) is 1. The minimum Gasteiger partial charge on any atom is -0.385 e. The molecule has 1 rings (SSSR count). The summed E-state index contributed by atoms with van der Waals surface area (Å²) in [6.07, 6.45) is 2.16. The van der Waals surface area contributed by atoms with Gasteiger partial charge in [0.15, 0.2) is 5.03 Å². The molecule has 1 aromatic heterocycles. The molecule has 0 aliphatic rings. The summed E-state index contributed by atoms with van der Waals surface area (Å²) < 4.78 is 4.93. The van der Waals surface area contributed by atoms with Gasteiger partial charge < -0.3 is 10.1 Å². The largest absolute Gasteiger partial charge is 0.385 e. The maximum absolute atomic E-state index is 11.1. The summed E-state index contributed by atoms with van der Waals surface area (Å²) in [6.45, 7) is 3.06. The van der Waals surface area contributed by atoms with E-state index in [1.165, 1.54) is 18.1 Å². The summed E-state index contributed by atoms with van der Waals surface area (Å²) in [7, 11) is 1.63. The van der Waals surface area contributed by atoms with Gasteiger partial charge in [-0.05, 0) is 13.3 Å². The van der Waals surface area contributed by atoms with Crippen LogP contribution in [0.2, 0.25) is 0 Å². The van der Waals surface area contributed by atoms with Crippen molar-refractivity contribution in [2.75, 3.05) is 31.3 Å². The third kappa shape index (κ3) is 4.11. The van der Waals surface area contributed by atoms with Gasteiger partial charge in [-0.3, -0.25) is 10.1 Å². The van der Waals surface area contributed by atoms with E-state index in [4.69, 9.17) is 4.74 Å². The first-order chi connectivity index (χ1) is 8.70. The summed E-state index contributed by atoms with van der Waals surface area (Å²) in [5.74, 6) is 0.990. The molecular formula is C10H16N4O3S. The van der Waals surface area contributed by atoms with Crippen LogP contribution in [-0.4, -0.2) is 40.9 Å². The average molecular weight is 272 g/mol. The molecule has 0 aromatic carbocycles. The van der Waals surface area contributed by atoms with Gasteiger partial charge >= 0.3 is 5.69 Å². The van der Waals surface area contributed by atoms with Gasteiger partial charge in [0.2, 0.25) is 5.82 Å². The van der Waals surface area contributed by atoms with E-state index in [9.17, 15) is 10.1 Å². The van der Waals surface area contributed by atoms with Crippen LogP contribution in [-0.2, 0) is 4.74 Å². The van der Waals surface area contributed by atoms with E-state index in [0.29, 0.717) is 18.2 Å². The molecule has 0 bridgehead atoms. The number of rotatable bonds is 8. The van der Waals surface area contributed by atoms with Crippen LogP contribution in [0, 0.1) is 10.1 Å². The van der Waals surface area contributed by atoms with E-state index in [2.05, 4.69) is 15.3 Å². The second-order valence-corrected chi connectivity index (χ2v) is 4.44.